The van der Waals surface area contributed by atoms with Gasteiger partial charge < -0.3 is 9.84 Å². The van der Waals surface area contributed by atoms with Gasteiger partial charge in [0.15, 0.2) is 11.6 Å². The highest BCUT2D eigenvalue weighted by Crippen LogP contribution is 2.26. The van der Waals surface area contributed by atoms with E-state index in [-0.39, 0.29) is 17.8 Å². The molecule has 0 radical (unpaired) electrons. The number of carbonyl (C=O) groups is 1. The van der Waals surface area contributed by atoms with Crippen LogP contribution in [-0.2, 0) is 9.53 Å². The summed E-state index contributed by atoms with van der Waals surface area (Å²) >= 11 is 0. The molecule has 1 fully saturated rings. The van der Waals surface area contributed by atoms with Gasteiger partial charge in [0.25, 0.3) is 0 Å². The van der Waals surface area contributed by atoms with Crippen LogP contribution in [0.4, 0.5) is 0 Å². The second-order valence-corrected chi connectivity index (χ2v) is 3.93. The first-order chi connectivity index (χ1) is 5.40. The number of hydrogen-bond donors (Lipinski definition) is 1. The average Bonchev–Trinajstić information content (AvgIpc) is 2.16. The van der Waals surface area contributed by atoms with Crippen LogP contribution >= 0.6 is 0 Å². The largest absolute Gasteiger partial charge is 0.366 e. The molecule has 1 rings (SSSR count). The molecule has 12 heavy (non-hydrogen) atoms. The summed E-state index contributed by atoms with van der Waals surface area (Å²) in [4.78, 5) is 11.3. The number of carbonyl (C=O) groups excluding carboxylic acids is 1. The number of ketones is 1. The van der Waals surface area contributed by atoms with Gasteiger partial charge in [0.1, 0.15) is 6.10 Å². The maximum Gasteiger partial charge on any atom is 0.164 e. The van der Waals surface area contributed by atoms with Gasteiger partial charge in [-0.25, -0.2) is 0 Å². The Balaban J connectivity index is 2.50. The molecular weight excluding hydrogens is 156 g/mol. The third-order valence-electron chi connectivity index (χ3n) is 2.10. The van der Waals surface area contributed by atoms with Crippen LogP contribution in [-0.4, -0.2) is 22.8 Å². The third-order valence-corrected chi connectivity index (χ3v) is 2.10. The van der Waals surface area contributed by atoms with Crippen molar-refractivity contribution in [2.45, 2.75) is 45.5 Å². The van der Waals surface area contributed by atoms with Gasteiger partial charge in [-0.1, -0.05) is 6.92 Å². The third kappa shape index (κ3) is 2.29. The Kier molecular flexibility index (Phi) is 2.54. The fraction of sp³-hybridized carbons (Fsp3) is 0.889. The van der Waals surface area contributed by atoms with Gasteiger partial charge in [-0.2, -0.15) is 0 Å². The first-order valence-electron chi connectivity index (χ1n) is 4.34. The first kappa shape index (κ1) is 9.68. The molecule has 0 heterocycles. The minimum absolute atomic E-state index is 0.0948. The average molecular weight is 172 g/mol. The maximum atomic E-state index is 11.3. The van der Waals surface area contributed by atoms with Crippen LogP contribution in [0.3, 0.4) is 0 Å². The van der Waals surface area contributed by atoms with Crippen molar-refractivity contribution in [3.8, 4) is 0 Å². The molecule has 0 amide bonds. The molecule has 0 aromatic carbocycles. The standard InChI is InChI=1S/C9H16O3/c1-6-4-5-7(8(6)10)12-9(2,3)11/h6-7,11H,4-5H2,1-3H3. The Morgan fingerprint density at radius 1 is 1.50 bits per heavy atom. The fourth-order valence-corrected chi connectivity index (χ4v) is 1.47. The molecule has 70 valence electrons. The van der Waals surface area contributed by atoms with Crippen molar-refractivity contribution in [1.82, 2.24) is 0 Å². The highest BCUT2D eigenvalue weighted by Gasteiger charge is 2.34. The van der Waals surface area contributed by atoms with Gasteiger partial charge in [0.05, 0.1) is 0 Å². The summed E-state index contributed by atoms with van der Waals surface area (Å²) in [7, 11) is 0. The SMILES string of the molecule is CC1CCC(OC(C)(C)O)C1=O. The number of ether oxygens (including phenoxy) is 1. The monoisotopic (exact) mass is 172 g/mol. The summed E-state index contributed by atoms with van der Waals surface area (Å²) in [6.45, 7) is 4.99. The number of hydrogen-bond acceptors (Lipinski definition) is 3. The summed E-state index contributed by atoms with van der Waals surface area (Å²) in [6.07, 6.45) is 1.23. The quantitative estimate of drug-likeness (QED) is 0.634. The molecule has 0 spiro atoms. The summed E-state index contributed by atoms with van der Waals surface area (Å²) in [5.41, 5.74) is 0. The maximum absolute atomic E-state index is 11.3. The minimum Gasteiger partial charge on any atom is -0.366 e. The number of rotatable bonds is 2. The lowest BCUT2D eigenvalue weighted by Gasteiger charge is -2.22. The second kappa shape index (κ2) is 3.15. The van der Waals surface area contributed by atoms with Crippen molar-refractivity contribution in [2.24, 2.45) is 5.92 Å². The van der Waals surface area contributed by atoms with Crippen molar-refractivity contribution in [1.29, 1.82) is 0 Å². The van der Waals surface area contributed by atoms with E-state index in [1.807, 2.05) is 6.92 Å². The van der Waals surface area contributed by atoms with Crippen molar-refractivity contribution >= 4 is 5.78 Å². The Morgan fingerprint density at radius 2 is 2.08 bits per heavy atom. The van der Waals surface area contributed by atoms with Gasteiger partial charge in [0, 0.05) is 5.92 Å². The number of aliphatic hydroxyl groups is 1. The smallest absolute Gasteiger partial charge is 0.164 e. The Bertz CT molecular complexity index is 181. The van der Waals surface area contributed by atoms with E-state index in [0.29, 0.717) is 0 Å². The summed E-state index contributed by atoms with van der Waals surface area (Å²) in [6, 6.07) is 0. The molecule has 0 aromatic rings. The van der Waals surface area contributed by atoms with Crippen LogP contribution in [0.2, 0.25) is 0 Å². The van der Waals surface area contributed by atoms with E-state index in [1.165, 1.54) is 0 Å². The molecule has 3 heteroatoms. The second-order valence-electron chi connectivity index (χ2n) is 3.93. The van der Waals surface area contributed by atoms with E-state index in [9.17, 15) is 9.90 Å². The summed E-state index contributed by atoms with van der Waals surface area (Å²) < 4.78 is 5.19. The molecule has 2 unspecified atom stereocenters. The molecule has 1 N–H and O–H groups in total. The zero-order chi connectivity index (χ0) is 9.35. The molecule has 0 bridgehead atoms. The van der Waals surface area contributed by atoms with E-state index in [1.54, 1.807) is 13.8 Å². The van der Waals surface area contributed by atoms with Gasteiger partial charge in [-0.3, -0.25) is 4.79 Å². The van der Waals surface area contributed by atoms with Gasteiger partial charge >= 0.3 is 0 Å². The van der Waals surface area contributed by atoms with Gasteiger partial charge in [-0.15, -0.1) is 0 Å². The van der Waals surface area contributed by atoms with Crippen LogP contribution in [0.5, 0.6) is 0 Å². The van der Waals surface area contributed by atoms with Crippen molar-refractivity contribution < 1.29 is 14.6 Å². The fourth-order valence-electron chi connectivity index (χ4n) is 1.47. The highest BCUT2D eigenvalue weighted by atomic mass is 16.6. The number of Topliss-reactive ketones (excluding diaryl/α,β-unsaturated/α-hetero) is 1. The molecule has 0 aliphatic heterocycles. The zero-order valence-electron chi connectivity index (χ0n) is 7.83. The van der Waals surface area contributed by atoms with Crippen LogP contribution in [0.15, 0.2) is 0 Å². The lowest BCUT2D eigenvalue weighted by Crippen LogP contribution is -2.33. The minimum atomic E-state index is -1.19. The van der Waals surface area contributed by atoms with E-state index in [2.05, 4.69) is 0 Å². The van der Waals surface area contributed by atoms with E-state index >= 15 is 0 Å². The first-order valence-corrected chi connectivity index (χ1v) is 4.34. The molecular formula is C9H16O3. The molecule has 1 aliphatic rings. The summed E-state index contributed by atoms with van der Waals surface area (Å²) in [5, 5.41) is 9.31. The van der Waals surface area contributed by atoms with Crippen LogP contribution in [0, 0.1) is 5.92 Å². The predicted molar refractivity (Wildman–Crippen MR) is 44.6 cm³/mol. The Hall–Kier alpha value is -0.410. The Labute approximate surface area is 72.7 Å². The zero-order valence-corrected chi connectivity index (χ0v) is 7.83. The normalized spacial score (nSPS) is 31.2. The van der Waals surface area contributed by atoms with Crippen LogP contribution < -0.4 is 0 Å². The predicted octanol–water partition coefficient (Wildman–Crippen LogP) is 1.10. The van der Waals surface area contributed by atoms with Crippen LogP contribution in [0.1, 0.15) is 33.6 Å². The highest BCUT2D eigenvalue weighted by molar-refractivity contribution is 5.87. The molecule has 1 saturated carbocycles. The van der Waals surface area contributed by atoms with Crippen molar-refractivity contribution in [2.75, 3.05) is 0 Å². The molecule has 2 atom stereocenters. The van der Waals surface area contributed by atoms with Crippen molar-refractivity contribution in [3.63, 3.8) is 0 Å². The molecule has 0 saturated heterocycles. The molecule has 3 nitrogen and oxygen atoms in total. The lowest BCUT2D eigenvalue weighted by molar-refractivity contribution is -0.203. The van der Waals surface area contributed by atoms with E-state index in [0.717, 1.165) is 12.8 Å². The Morgan fingerprint density at radius 3 is 2.42 bits per heavy atom. The molecule has 1 aliphatic carbocycles. The topological polar surface area (TPSA) is 46.5 Å². The summed E-state index contributed by atoms with van der Waals surface area (Å²) in [5.74, 6) is -0.973. The van der Waals surface area contributed by atoms with Crippen LogP contribution in [0.25, 0.3) is 0 Å². The van der Waals surface area contributed by atoms with E-state index < -0.39 is 5.79 Å². The van der Waals surface area contributed by atoms with E-state index in [4.69, 9.17) is 4.74 Å². The molecule has 0 aromatic heterocycles. The van der Waals surface area contributed by atoms with Gasteiger partial charge in [0.2, 0.25) is 0 Å². The van der Waals surface area contributed by atoms with Gasteiger partial charge in [-0.05, 0) is 26.7 Å². The van der Waals surface area contributed by atoms with Crippen molar-refractivity contribution in [3.05, 3.63) is 0 Å². The lowest BCUT2D eigenvalue weighted by atomic mass is 10.1.